The molecule has 9 nitrogen and oxygen atoms in total. The highest BCUT2D eigenvalue weighted by Crippen LogP contribution is 2.39. The molecule has 0 saturated heterocycles. The van der Waals surface area contributed by atoms with Crippen molar-refractivity contribution >= 4 is 28.3 Å². The topological polar surface area (TPSA) is 139 Å². The molecule has 3 N–H and O–H groups in total. The number of thiol groups is 1. The molecule has 0 bridgehead atoms. The molecule has 5 aromatic rings. The number of halogens is 2. The lowest BCUT2D eigenvalue weighted by Crippen LogP contribution is -2.06. The molecule has 1 atom stereocenters. The average Bonchev–Trinajstić information content (AvgIpc) is 3.59. The van der Waals surface area contributed by atoms with Crippen molar-refractivity contribution in [3.05, 3.63) is 100 Å². The number of methoxy groups -OCH3 is 1. The minimum Gasteiger partial charge on any atom is -0.870 e. The number of benzene rings is 3. The van der Waals surface area contributed by atoms with Crippen molar-refractivity contribution in [2.75, 3.05) is 13.7 Å². The highest BCUT2D eigenvalue weighted by atomic mass is 32.2. The van der Waals surface area contributed by atoms with E-state index in [1.165, 1.54) is 29.5 Å². The second kappa shape index (κ2) is 14.0. The lowest BCUT2D eigenvalue weighted by molar-refractivity contribution is 0.0520. The van der Waals surface area contributed by atoms with Crippen LogP contribution in [0.4, 0.5) is 8.78 Å². The monoisotopic (exact) mass is 666 g/mol. The molecule has 2 heterocycles. The number of rotatable bonds is 11. The summed E-state index contributed by atoms with van der Waals surface area (Å²) in [6.45, 7) is 1.94. The van der Waals surface area contributed by atoms with Crippen molar-refractivity contribution in [2.24, 2.45) is 11.1 Å². The van der Waals surface area contributed by atoms with Gasteiger partial charge in [0.05, 0.1) is 25.1 Å². The van der Waals surface area contributed by atoms with E-state index in [-0.39, 0.29) is 29.1 Å². The number of nitrogens with zero attached hydrogens (tertiary/aromatic N) is 3. The Morgan fingerprint density at radius 3 is 2.59 bits per heavy atom. The van der Waals surface area contributed by atoms with Crippen LogP contribution in [0.5, 0.6) is 5.75 Å². The molecule has 1 saturated carbocycles. The van der Waals surface area contributed by atoms with Crippen LogP contribution in [0.1, 0.15) is 47.1 Å². The molecular weight excluding hydrogens is 635 g/mol. The van der Waals surface area contributed by atoms with Gasteiger partial charge in [-0.3, -0.25) is 0 Å². The summed E-state index contributed by atoms with van der Waals surface area (Å²) in [4.78, 5) is 17.0. The van der Waals surface area contributed by atoms with Crippen LogP contribution in [0.15, 0.2) is 70.9 Å². The number of nitrogens with two attached hydrogens (primary N) is 1. The molecule has 0 radical (unpaired) electrons. The SMILES string of the molecule is CCOC(=O)c1csc(-n2nc(CC3CC3)c(Cc3ccc([SH+](N)=O)c(F)c3)c2-c2ccc(F)c(-c3cccc(OC)c3)c2)n1.[OH-]. The number of esters is 1. The van der Waals surface area contributed by atoms with Gasteiger partial charge in [0.2, 0.25) is 10.0 Å². The van der Waals surface area contributed by atoms with Gasteiger partial charge in [-0.2, -0.15) is 5.10 Å². The lowest BCUT2D eigenvalue weighted by Gasteiger charge is -2.12. The maximum absolute atomic E-state index is 15.4. The molecule has 13 heteroatoms. The Labute approximate surface area is 270 Å². The molecule has 0 spiro atoms. The van der Waals surface area contributed by atoms with Crippen molar-refractivity contribution in [3.8, 4) is 33.3 Å². The van der Waals surface area contributed by atoms with E-state index in [9.17, 15) is 13.4 Å². The maximum atomic E-state index is 15.4. The first kappa shape index (κ1) is 33.1. The van der Waals surface area contributed by atoms with Gasteiger partial charge < -0.3 is 14.9 Å². The van der Waals surface area contributed by atoms with E-state index in [1.807, 2.05) is 0 Å². The Morgan fingerprint density at radius 2 is 1.89 bits per heavy atom. The minimum atomic E-state index is -2.34. The number of carbonyl (C=O) groups is 1. The summed E-state index contributed by atoms with van der Waals surface area (Å²) in [6.07, 6.45) is 3.15. The standard InChI is InChI=1S/C33H30F2N4O4S2.H2O/c1-3-43-32(40)29-18-44-33(37-29)39-31(22-10-11-26(34)24(17-22)21-5-4-6-23(16-21)42-2)25(28(38-39)15-19-7-8-19)13-20-9-12-30(45(36)41)27(35)14-20;/h4-6,9-12,14,16-19H,3,7-8,13,15H2,1-2H3,(H2,36,41);1H2. The van der Waals surface area contributed by atoms with Crippen LogP contribution in [0, 0.1) is 17.6 Å². The predicted octanol–water partition coefficient (Wildman–Crippen LogP) is 6.42. The molecule has 0 amide bonds. The van der Waals surface area contributed by atoms with Gasteiger partial charge in [0.15, 0.2) is 22.5 Å². The number of aromatic nitrogens is 3. The molecule has 3 aromatic carbocycles. The molecule has 1 aliphatic carbocycles. The smallest absolute Gasteiger partial charge is 0.357 e. The lowest BCUT2D eigenvalue weighted by atomic mass is 9.94. The van der Waals surface area contributed by atoms with Gasteiger partial charge in [-0.15, -0.1) is 16.5 Å². The summed E-state index contributed by atoms with van der Waals surface area (Å²) >= 11 is 1.24. The van der Waals surface area contributed by atoms with Gasteiger partial charge in [-0.05, 0) is 85.7 Å². The van der Waals surface area contributed by atoms with E-state index in [0.29, 0.717) is 51.2 Å². The molecule has 240 valence electrons. The molecule has 6 rings (SSSR count). The zero-order valence-corrected chi connectivity index (χ0v) is 26.8. The molecule has 2 aromatic heterocycles. The fourth-order valence-corrected chi connectivity index (χ4v) is 6.51. The van der Waals surface area contributed by atoms with Crippen molar-refractivity contribution < 1.29 is 32.7 Å². The number of ether oxygens (including phenoxy) is 2. The number of hydrogen-bond donors (Lipinski definition) is 1. The number of thiazole rings is 1. The second-order valence-corrected chi connectivity index (χ2v) is 12.8. The van der Waals surface area contributed by atoms with Gasteiger partial charge >= 0.3 is 5.97 Å². The summed E-state index contributed by atoms with van der Waals surface area (Å²) in [7, 11) is -0.782. The van der Waals surface area contributed by atoms with Gasteiger partial charge in [0, 0.05) is 28.5 Å². The Kier molecular flexibility index (Phi) is 10.1. The fourth-order valence-electron chi connectivity index (χ4n) is 5.26. The van der Waals surface area contributed by atoms with E-state index >= 15 is 4.39 Å². The van der Waals surface area contributed by atoms with Crippen molar-refractivity contribution in [1.29, 1.82) is 0 Å². The minimum absolute atomic E-state index is 0. The van der Waals surface area contributed by atoms with Crippen molar-refractivity contribution in [1.82, 2.24) is 14.8 Å². The molecular formula is C33H32F2N4O5S2. The van der Waals surface area contributed by atoms with E-state index in [0.717, 1.165) is 24.1 Å². The Bertz CT molecular complexity index is 1920. The zero-order valence-electron chi connectivity index (χ0n) is 25.1. The summed E-state index contributed by atoms with van der Waals surface area (Å²) in [6, 6.07) is 16.5. The normalized spacial score (nSPS) is 13.2. The quantitative estimate of drug-likeness (QED) is 0.0975. The third-order valence-corrected chi connectivity index (χ3v) is 9.31. The Morgan fingerprint density at radius 1 is 1.09 bits per heavy atom. The molecule has 46 heavy (non-hydrogen) atoms. The number of carbonyl (C=O) groups excluding carboxylic acids is 1. The van der Waals surface area contributed by atoms with Crippen molar-refractivity contribution in [3.63, 3.8) is 0 Å². The van der Waals surface area contributed by atoms with E-state index < -0.39 is 28.6 Å². The van der Waals surface area contributed by atoms with Gasteiger partial charge in [-0.1, -0.05) is 22.4 Å². The van der Waals surface area contributed by atoms with E-state index in [2.05, 4.69) is 4.98 Å². The summed E-state index contributed by atoms with van der Waals surface area (Å²) < 4.78 is 54.3. The van der Waals surface area contributed by atoms with Gasteiger partial charge in [0.25, 0.3) is 0 Å². The first-order valence-corrected chi connectivity index (χ1v) is 16.6. The third-order valence-electron chi connectivity index (χ3n) is 7.65. The molecule has 1 unspecified atom stereocenters. The van der Waals surface area contributed by atoms with Crippen LogP contribution in [0.3, 0.4) is 0 Å². The van der Waals surface area contributed by atoms with Gasteiger partial charge in [-0.25, -0.2) is 23.2 Å². The second-order valence-electron chi connectivity index (χ2n) is 10.8. The Hall–Kier alpha value is -4.30. The van der Waals surface area contributed by atoms with Crippen LogP contribution >= 0.6 is 11.3 Å². The van der Waals surface area contributed by atoms with Crippen LogP contribution < -0.4 is 9.88 Å². The van der Waals surface area contributed by atoms with Crippen LogP contribution in [0.2, 0.25) is 0 Å². The van der Waals surface area contributed by atoms with E-state index in [1.54, 1.807) is 66.6 Å². The van der Waals surface area contributed by atoms with Crippen LogP contribution in [0.25, 0.3) is 27.5 Å². The van der Waals surface area contributed by atoms with Crippen LogP contribution in [-0.2, 0) is 32.8 Å². The van der Waals surface area contributed by atoms with Crippen molar-refractivity contribution in [2.45, 2.75) is 37.5 Å². The summed E-state index contributed by atoms with van der Waals surface area (Å²) in [5, 5.41) is 12.5. The molecule has 1 fully saturated rings. The number of hydrogen-bond acceptors (Lipinski definition) is 8. The first-order valence-electron chi connectivity index (χ1n) is 14.4. The first-order chi connectivity index (χ1) is 21.7. The molecule has 0 aliphatic heterocycles. The fraction of sp³-hybridized carbons (Fsp3) is 0.242. The van der Waals surface area contributed by atoms with Gasteiger partial charge in [0.1, 0.15) is 11.6 Å². The highest BCUT2D eigenvalue weighted by molar-refractivity contribution is 7.82. The Balaban J connectivity index is 0.00000417. The van der Waals surface area contributed by atoms with E-state index in [4.69, 9.17) is 19.7 Å². The maximum Gasteiger partial charge on any atom is 0.357 e. The summed E-state index contributed by atoms with van der Waals surface area (Å²) in [5.74, 6) is -0.538. The highest BCUT2D eigenvalue weighted by Gasteiger charge is 2.29. The predicted molar refractivity (Wildman–Crippen MR) is 172 cm³/mol. The third kappa shape index (κ3) is 6.92. The zero-order chi connectivity index (χ0) is 31.7. The van der Waals surface area contributed by atoms with Crippen LogP contribution in [-0.4, -0.2) is 39.9 Å². The average molecular weight is 667 g/mol. The molecule has 1 aliphatic rings. The summed E-state index contributed by atoms with van der Waals surface area (Å²) in [5.41, 5.74) is 4.72. The largest absolute Gasteiger partial charge is 0.870 e.